The van der Waals surface area contributed by atoms with Crippen LogP contribution in [0, 0.1) is 5.82 Å². The van der Waals surface area contributed by atoms with E-state index in [2.05, 4.69) is 4.98 Å². The normalized spacial score (nSPS) is 12.2. The van der Waals surface area contributed by atoms with Gasteiger partial charge in [0.05, 0.1) is 27.7 Å². The predicted molar refractivity (Wildman–Crippen MR) is 139 cm³/mol. The molecule has 3 aromatic carbocycles. The highest BCUT2D eigenvalue weighted by molar-refractivity contribution is 7.90. The van der Waals surface area contributed by atoms with Gasteiger partial charge in [-0.25, -0.2) is 17.8 Å². The average molecular weight is 572 g/mol. The van der Waals surface area contributed by atoms with E-state index in [0.717, 1.165) is 5.56 Å². The van der Waals surface area contributed by atoms with Crippen molar-refractivity contribution in [2.75, 3.05) is 0 Å². The number of aromatic nitrogens is 2. The van der Waals surface area contributed by atoms with Crippen molar-refractivity contribution in [1.82, 2.24) is 9.55 Å². The highest BCUT2D eigenvalue weighted by atomic mass is 35.5. The topological polar surface area (TPSA) is 52.0 Å². The van der Waals surface area contributed by atoms with Crippen LogP contribution in [0.2, 0.25) is 20.1 Å². The van der Waals surface area contributed by atoms with Gasteiger partial charge in [0.15, 0.2) is 0 Å². The number of nitrogens with zero attached hydrogens (tertiary/aromatic N) is 2. The van der Waals surface area contributed by atoms with E-state index >= 15 is 0 Å². The van der Waals surface area contributed by atoms with Crippen LogP contribution < -0.4 is 0 Å². The van der Waals surface area contributed by atoms with Gasteiger partial charge in [-0.05, 0) is 59.7 Å². The molecule has 4 aromatic rings. The molecule has 0 saturated carbocycles. The minimum atomic E-state index is -3.99. The molecular formula is C25H19Cl4FN2O2S. The molecule has 1 heterocycles. The minimum absolute atomic E-state index is 0.196. The molecule has 0 N–H and O–H groups in total. The van der Waals surface area contributed by atoms with Crippen LogP contribution in [0.4, 0.5) is 4.39 Å². The summed E-state index contributed by atoms with van der Waals surface area (Å²) >= 11 is 24.6. The van der Waals surface area contributed by atoms with Crippen LogP contribution in [0.25, 0.3) is 5.69 Å². The Morgan fingerprint density at radius 2 is 1.57 bits per heavy atom. The van der Waals surface area contributed by atoms with E-state index in [1.54, 1.807) is 24.3 Å². The maximum atomic E-state index is 13.7. The third-order valence-electron chi connectivity index (χ3n) is 5.73. The summed E-state index contributed by atoms with van der Waals surface area (Å²) in [7, 11) is -3.99. The van der Waals surface area contributed by atoms with Crippen LogP contribution in [-0.2, 0) is 21.0 Å². The summed E-state index contributed by atoms with van der Waals surface area (Å²) < 4.78 is 42.4. The minimum Gasteiger partial charge on any atom is -0.287 e. The first-order valence-corrected chi connectivity index (χ1v) is 13.5. The van der Waals surface area contributed by atoms with Gasteiger partial charge in [0.25, 0.3) is 0 Å². The molecule has 0 aliphatic carbocycles. The van der Waals surface area contributed by atoms with Crippen LogP contribution in [-0.4, -0.2) is 18.0 Å². The summed E-state index contributed by atoms with van der Waals surface area (Å²) in [6, 6.07) is 15.4. The lowest BCUT2D eigenvalue weighted by molar-refractivity contribution is 0.567. The van der Waals surface area contributed by atoms with Gasteiger partial charge >= 0.3 is 0 Å². The maximum Gasteiger partial charge on any atom is 0.232 e. The fourth-order valence-corrected chi connectivity index (χ4v) is 6.11. The number of benzene rings is 3. The average Bonchev–Trinajstić information content (AvgIpc) is 3.25. The van der Waals surface area contributed by atoms with Gasteiger partial charge in [-0.1, -0.05) is 72.4 Å². The number of sulfone groups is 1. The van der Waals surface area contributed by atoms with Crippen molar-refractivity contribution in [3.63, 3.8) is 0 Å². The molecule has 0 amide bonds. The molecule has 0 saturated heterocycles. The van der Waals surface area contributed by atoms with E-state index in [1.807, 2.05) is 19.9 Å². The lowest BCUT2D eigenvalue weighted by Gasteiger charge is -2.28. The highest BCUT2D eigenvalue weighted by Gasteiger charge is 2.33. The molecule has 0 aliphatic heterocycles. The Hall–Kier alpha value is -2.09. The van der Waals surface area contributed by atoms with Crippen LogP contribution in [0.3, 0.4) is 0 Å². The molecule has 0 spiro atoms. The summed E-state index contributed by atoms with van der Waals surface area (Å²) in [5, 5.41) is 1.21. The number of imidazole rings is 1. The van der Waals surface area contributed by atoms with Gasteiger partial charge in [-0.3, -0.25) is 4.57 Å². The van der Waals surface area contributed by atoms with E-state index in [1.165, 1.54) is 41.1 Å². The van der Waals surface area contributed by atoms with Gasteiger partial charge in [0.2, 0.25) is 15.0 Å². The zero-order valence-corrected chi connectivity index (χ0v) is 22.4. The number of hydrogen-bond donors (Lipinski definition) is 0. The third-order valence-corrected chi connectivity index (χ3v) is 8.60. The molecule has 4 rings (SSSR count). The van der Waals surface area contributed by atoms with Gasteiger partial charge in [0, 0.05) is 21.1 Å². The molecule has 35 heavy (non-hydrogen) atoms. The quantitative estimate of drug-likeness (QED) is 0.236. The van der Waals surface area contributed by atoms with Gasteiger partial charge in [-0.2, -0.15) is 0 Å². The lowest BCUT2D eigenvalue weighted by Crippen LogP contribution is -2.24. The van der Waals surface area contributed by atoms with Gasteiger partial charge < -0.3 is 0 Å². The third kappa shape index (κ3) is 5.23. The molecule has 0 aliphatic rings. The zero-order valence-electron chi connectivity index (χ0n) is 18.6. The van der Waals surface area contributed by atoms with Crippen molar-refractivity contribution in [2.45, 2.75) is 30.2 Å². The molecule has 1 aromatic heterocycles. The second-order valence-corrected chi connectivity index (χ2v) is 12.0. The number of hydrogen-bond acceptors (Lipinski definition) is 3. The Labute approximate surface area is 223 Å². The van der Waals surface area contributed by atoms with Crippen LogP contribution in [0.15, 0.2) is 72.0 Å². The van der Waals surface area contributed by atoms with E-state index in [0.29, 0.717) is 32.0 Å². The summed E-state index contributed by atoms with van der Waals surface area (Å²) in [4.78, 5) is 4.31. The van der Waals surface area contributed by atoms with Crippen molar-refractivity contribution in [3.8, 4) is 5.69 Å². The molecule has 0 fully saturated rings. The molecule has 10 heteroatoms. The van der Waals surface area contributed by atoms with Crippen LogP contribution in [0.5, 0.6) is 0 Å². The SMILES string of the molecule is CC(C)(c1ccc(Cl)c(Cl)c1)c1cnc(S(=O)(=O)Cc2ccc(Cl)cc2Cl)n1-c1ccc(F)cc1. The Balaban J connectivity index is 1.90. The van der Waals surface area contributed by atoms with Crippen molar-refractivity contribution < 1.29 is 12.8 Å². The summed E-state index contributed by atoms with van der Waals surface area (Å²) in [6.45, 7) is 3.83. The van der Waals surface area contributed by atoms with E-state index in [9.17, 15) is 12.8 Å². The van der Waals surface area contributed by atoms with Gasteiger partial charge in [-0.15, -0.1) is 0 Å². The second-order valence-electron chi connectivity index (χ2n) is 8.49. The van der Waals surface area contributed by atoms with Crippen molar-refractivity contribution in [3.05, 3.63) is 110 Å². The fourth-order valence-electron chi connectivity index (χ4n) is 3.78. The first-order valence-electron chi connectivity index (χ1n) is 10.4. The smallest absolute Gasteiger partial charge is 0.232 e. The van der Waals surface area contributed by atoms with E-state index < -0.39 is 26.8 Å². The lowest BCUT2D eigenvalue weighted by atomic mass is 9.81. The molecule has 4 nitrogen and oxygen atoms in total. The molecule has 0 radical (unpaired) electrons. The Kier molecular flexibility index (Phi) is 7.24. The molecule has 182 valence electrons. The standard InChI is InChI=1S/C25H19Cl4FN2O2S/c1-25(2,16-4-10-20(27)22(29)11-16)23-13-31-24(32(23)19-8-6-18(30)7-9-19)35(33,34)14-15-3-5-17(26)12-21(15)28/h3-13H,14H2,1-2H3. The monoisotopic (exact) mass is 570 g/mol. The molecule has 0 unspecified atom stereocenters. The first kappa shape index (κ1) is 26.0. The summed E-state index contributed by atoms with van der Waals surface area (Å²) in [5.41, 5.74) is 1.42. The Morgan fingerprint density at radius 1 is 0.886 bits per heavy atom. The van der Waals surface area contributed by atoms with Crippen molar-refractivity contribution in [1.29, 1.82) is 0 Å². The van der Waals surface area contributed by atoms with Crippen molar-refractivity contribution in [2.24, 2.45) is 0 Å². The van der Waals surface area contributed by atoms with E-state index in [4.69, 9.17) is 46.4 Å². The highest BCUT2D eigenvalue weighted by Crippen LogP contribution is 2.38. The molecule has 0 atom stereocenters. The number of halogens is 5. The molecule has 0 bridgehead atoms. The largest absolute Gasteiger partial charge is 0.287 e. The Bertz CT molecular complexity index is 1520. The summed E-state index contributed by atoms with van der Waals surface area (Å²) in [6.07, 6.45) is 1.50. The van der Waals surface area contributed by atoms with Crippen LogP contribution >= 0.6 is 46.4 Å². The second kappa shape index (κ2) is 9.75. The van der Waals surface area contributed by atoms with E-state index in [-0.39, 0.29) is 10.2 Å². The zero-order chi connectivity index (χ0) is 25.5. The predicted octanol–water partition coefficient (Wildman–Crippen LogP) is 7.92. The van der Waals surface area contributed by atoms with Gasteiger partial charge in [0.1, 0.15) is 5.82 Å². The summed E-state index contributed by atoms with van der Waals surface area (Å²) in [5.74, 6) is -0.843. The van der Waals surface area contributed by atoms with Crippen molar-refractivity contribution >= 4 is 56.2 Å². The number of rotatable bonds is 6. The fraction of sp³-hybridized carbons (Fsp3) is 0.160. The maximum absolute atomic E-state index is 13.7. The molecular weight excluding hydrogens is 553 g/mol. The van der Waals surface area contributed by atoms with Crippen LogP contribution in [0.1, 0.15) is 30.7 Å². The first-order chi connectivity index (χ1) is 16.4. The Morgan fingerprint density at radius 3 is 2.20 bits per heavy atom.